The van der Waals surface area contributed by atoms with Crippen LogP contribution in [0.25, 0.3) is 0 Å². The highest BCUT2D eigenvalue weighted by atomic mass is 32.2. The fourth-order valence-electron chi connectivity index (χ4n) is 2.33. The third-order valence-corrected chi connectivity index (χ3v) is 5.28. The molecule has 20 heavy (non-hydrogen) atoms. The first-order chi connectivity index (χ1) is 9.35. The van der Waals surface area contributed by atoms with Gasteiger partial charge in [-0.05, 0) is 43.5 Å². The predicted molar refractivity (Wildman–Crippen MR) is 79.7 cm³/mol. The number of hydrogen-bond donors (Lipinski definition) is 1. The van der Waals surface area contributed by atoms with Gasteiger partial charge in [0.05, 0.1) is 16.5 Å². The number of nitrogens with one attached hydrogen (secondary N) is 1. The lowest BCUT2D eigenvalue weighted by atomic mass is 9.96. The van der Waals surface area contributed by atoms with Gasteiger partial charge in [-0.1, -0.05) is 26.7 Å². The van der Waals surface area contributed by atoms with E-state index in [1.54, 1.807) is 19.1 Å². The molecule has 1 rings (SSSR count). The normalized spacial score (nSPS) is 13.2. The smallest absolute Gasteiger partial charge is 0.208 e. The van der Waals surface area contributed by atoms with Crippen LogP contribution in [0.1, 0.15) is 44.7 Å². The van der Waals surface area contributed by atoms with E-state index in [0.29, 0.717) is 17.0 Å². The van der Waals surface area contributed by atoms with E-state index < -0.39 is 10.0 Å². The zero-order chi connectivity index (χ0) is 15.3. The van der Waals surface area contributed by atoms with Gasteiger partial charge in [0.2, 0.25) is 10.0 Å². The van der Waals surface area contributed by atoms with Crippen molar-refractivity contribution in [2.45, 2.75) is 51.5 Å². The van der Waals surface area contributed by atoms with Gasteiger partial charge in [-0.3, -0.25) is 0 Å². The third-order valence-electron chi connectivity index (χ3n) is 3.73. The number of benzene rings is 1. The molecule has 1 aromatic rings. The highest BCUT2D eigenvalue weighted by Crippen LogP contribution is 2.18. The summed E-state index contributed by atoms with van der Waals surface area (Å²) in [6, 6.07) is 6.50. The van der Waals surface area contributed by atoms with Crippen LogP contribution in [0.3, 0.4) is 0 Å². The first-order valence-corrected chi connectivity index (χ1v) is 8.37. The van der Waals surface area contributed by atoms with Crippen LogP contribution in [0.4, 0.5) is 0 Å². The minimum atomic E-state index is -3.53. The van der Waals surface area contributed by atoms with Gasteiger partial charge in [0.1, 0.15) is 0 Å². The number of nitrogens with zero attached hydrogens (tertiary/aromatic N) is 1. The lowest BCUT2D eigenvalue weighted by molar-refractivity contribution is 0.390. The highest BCUT2D eigenvalue weighted by molar-refractivity contribution is 7.89. The highest BCUT2D eigenvalue weighted by Gasteiger charge is 2.22. The maximum absolute atomic E-state index is 12.3. The quantitative estimate of drug-likeness (QED) is 0.877. The van der Waals surface area contributed by atoms with E-state index in [1.807, 2.05) is 13.0 Å². The van der Waals surface area contributed by atoms with E-state index >= 15 is 0 Å². The molecule has 4 nitrogen and oxygen atoms in total. The van der Waals surface area contributed by atoms with Crippen molar-refractivity contribution in [3.63, 3.8) is 0 Å². The SMILES string of the molecule is CCC(CC)C(C)NS(=O)(=O)c1ccc(C#N)c(C)c1. The molecule has 0 bridgehead atoms. The molecule has 1 aromatic carbocycles. The Balaban J connectivity index is 3.00. The van der Waals surface area contributed by atoms with Crippen LogP contribution in [-0.4, -0.2) is 14.5 Å². The minimum absolute atomic E-state index is 0.106. The third kappa shape index (κ3) is 3.81. The van der Waals surface area contributed by atoms with Crippen molar-refractivity contribution >= 4 is 10.0 Å². The van der Waals surface area contributed by atoms with Gasteiger partial charge < -0.3 is 0 Å². The standard InChI is InChI=1S/C15H22N2O2S/c1-5-13(6-2)12(4)17-20(18,19)15-8-7-14(10-16)11(3)9-15/h7-9,12-13,17H,5-6H2,1-4H3. The molecule has 0 aliphatic heterocycles. The van der Waals surface area contributed by atoms with Crippen LogP contribution >= 0.6 is 0 Å². The maximum atomic E-state index is 12.3. The number of aryl methyl sites for hydroxylation is 1. The molecule has 1 N–H and O–H groups in total. The molecule has 0 saturated heterocycles. The maximum Gasteiger partial charge on any atom is 0.240 e. The Kier molecular flexibility index (Phi) is 5.73. The molecule has 0 radical (unpaired) electrons. The lowest BCUT2D eigenvalue weighted by Crippen LogP contribution is -2.37. The van der Waals surface area contributed by atoms with Crippen LogP contribution in [0.15, 0.2) is 23.1 Å². The Hall–Kier alpha value is -1.38. The summed E-state index contributed by atoms with van der Waals surface area (Å²) < 4.78 is 27.4. The number of hydrogen-bond acceptors (Lipinski definition) is 3. The molecule has 0 aliphatic rings. The van der Waals surface area contributed by atoms with Gasteiger partial charge in [-0.25, -0.2) is 13.1 Å². The zero-order valence-corrected chi connectivity index (χ0v) is 13.3. The number of nitriles is 1. The Morgan fingerprint density at radius 2 is 1.90 bits per heavy atom. The first kappa shape index (κ1) is 16.7. The Morgan fingerprint density at radius 3 is 2.35 bits per heavy atom. The van der Waals surface area contributed by atoms with E-state index in [2.05, 4.69) is 18.6 Å². The molecule has 0 fully saturated rings. The van der Waals surface area contributed by atoms with E-state index in [-0.39, 0.29) is 10.9 Å². The van der Waals surface area contributed by atoms with Gasteiger partial charge in [-0.15, -0.1) is 0 Å². The van der Waals surface area contributed by atoms with Crippen LogP contribution < -0.4 is 4.72 Å². The van der Waals surface area contributed by atoms with E-state index in [1.165, 1.54) is 6.07 Å². The fourth-order valence-corrected chi connectivity index (χ4v) is 3.73. The number of rotatable bonds is 6. The van der Waals surface area contributed by atoms with Gasteiger partial charge in [-0.2, -0.15) is 5.26 Å². The van der Waals surface area contributed by atoms with Gasteiger partial charge >= 0.3 is 0 Å². The summed E-state index contributed by atoms with van der Waals surface area (Å²) in [5.41, 5.74) is 1.17. The van der Waals surface area contributed by atoms with Crippen molar-refractivity contribution in [1.82, 2.24) is 4.72 Å². The average molecular weight is 294 g/mol. The summed E-state index contributed by atoms with van der Waals surface area (Å²) in [5.74, 6) is 0.323. The molecule has 0 heterocycles. The predicted octanol–water partition coefficient (Wildman–Crippen LogP) is 2.97. The van der Waals surface area contributed by atoms with Crippen molar-refractivity contribution in [3.8, 4) is 6.07 Å². The van der Waals surface area contributed by atoms with Gasteiger partial charge in [0, 0.05) is 6.04 Å². The van der Waals surface area contributed by atoms with Crippen LogP contribution in [0.5, 0.6) is 0 Å². The topological polar surface area (TPSA) is 70.0 Å². The van der Waals surface area contributed by atoms with Crippen LogP contribution in [-0.2, 0) is 10.0 Å². The van der Waals surface area contributed by atoms with Crippen molar-refractivity contribution in [3.05, 3.63) is 29.3 Å². The van der Waals surface area contributed by atoms with Crippen LogP contribution in [0.2, 0.25) is 0 Å². The summed E-state index contributed by atoms with van der Waals surface area (Å²) in [7, 11) is -3.53. The van der Waals surface area contributed by atoms with Gasteiger partial charge in [0.15, 0.2) is 0 Å². The molecule has 1 atom stereocenters. The molecule has 5 heteroatoms. The molecule has 0 aromatic heterocycles. The molecule has 0 aliphatic carbocycles. The van der Waals surface area contributed by atoms with Crippen molar-refractivity contribution < 1.29 is 8.42 Å². The summed E-state index contributed by atoms with van der Waals surface area (Å²) >= 11 is 0. The second kappa shape index (κ2) is 6.87. The largest absolute Gasteiger partial charge is 0.240 e. The van der Waals surface area contributed by atoms with Crippen molar-refractivity contribution in [2.75, 3.05) is 0 Å². The van der Waals surface area contributed by atoms with E-state index in [9.17, 15) is 8.42 Å². The van der Waals surface area contributed by atoms with E-state index in [0.717, 1.165) is 12.8 Å². The molecule has 1 unspecified atom stereocenters. The summed E-state index contributed by atoms with van der Waals surface area (Å²) in [6.45, 7) is 7.75. The minimum Gasteiger partial charge on any atom is -0.208 e. The molecular formula is C15H22N2O2S. The lowest BCUT2D eigenvalue weighted by Gasteiger charge is -2.22. The summed E-state index contributed by atoms with van der Waals surface area (Å²) in [4.78, 5) is 0.215. The Labute approximate surface area is 121 Å². The molecule has 0 amide bonds. The number of sulfonamides is 1. The Morgan fingerprint density at radius 1 is 1.30 bits per heavy atom. The van der Waals surface area contributed by atoms with E-state index in [4.69, 9.17) is 5.26 Å². The van der Waals surface area contributed by atoms with Crippen molar-refractivity contribution in [2.24, 2.45) is 5.92 Å². The summed E-state index contributed by atoms with van der Waals surface area (Å²) in [6.07, 6.45) is 1.87. The average Bonchev–Trinajstić information content (AvgIpc) is 2.39. The molecule has 0 saturated carbocycles. The van der Waals surface area contributed by atoms with Crippen LogP contribution in [0, 0.1) is 24.2 Å². The zero-order valence-electron chi connectivity index (χ0n) is 12.5. The molecule has 0 spiro atoms. The van der Waals surface area contributed by atoms with Gasteiger partial charge in [0.25, 0.3) is 0 Å². The second-order valence-electron chi connectivity index (χ2n) is 5.08. The molecule has 110 valence electrons. The molecular weight excluding hydrogens is 272 g/mol. The Bertz CT molecular complexity index is 599. The summed E-state index contributed by atoms with van der Waals surface area (Å²) in [5, 5.41) is 8.88. The van der Waals surface area contributed by atoms with Crippen molar-refractivity contribution in [1.29, 1.82) is 5.26 Å². The second-order valence-corrected chi connectivity index (χ2v) is 6.79. The monoisotopic (exact) mass is 294 g/mol. The first-order valence-electron chi connectivity index (χ1n) is 6.88. The fraction of sp³-hybridized carbons (Fsp3) is 0.533.